The Kier molecular flexibility index (Phi) is 4.95. The summed E-state index contributed by atoms with van der Waals surface area (Å²) >= 11 is 1.80. The number of hydrogen-bond acceptors (Lipinski definition) is 4. The standard InChI is InChI=1S/C16H24N6S/c1-11(14-5-4-8-23-14)9-18-16(17-3)20-13-6-7-15-19-12(2)21-22(15)10-13/h4-5,8,11,13H,6-7,9-10H2,1-3H3,(H2,17,18,20). The third-order valence-corrected chi connectivity index (χ3v) is 5.24. The van der Waals surface area contributed by atoms with Crippen LogP contribution in [0.25, 0.3) is 0 Å². The van der Waals surface area contributed by atoms with Gasteiger partial charge in [-0.15, -0.1) is 11.3 Å². The van der Waals surface area contributed by atoms with Crippen molar-refractivity contribution in [1.29, 1.82) is 0 Å². The van der Waals surface area contributed by atoms with E-state index in [1.54, 1.807) is 11.3 Å². The topological polar surface area (TPSA) is 67.1 Å². The van der Waals surface area contributed by atoms with Crippen molar-refractivity contribution in [2.24, 2.45) is 4.99 Å². The summed E-state index contributed by atoms with van der Waals surface area (Å²) in [5.41, 5.74) is 0. The van der Waals surface area contributed by atoms with E-state index in [2.05, 4.69) is 50.1 Å². The van der Waals surface area contributed by atoms with Crippen LogP contribution in [0, 0.1) is 6.92 Å². The van der Waals surface area contributed by atoms with Gasteiger partial charge >= 0.3 is 0 Å². The molecule has 2 unspecified atom stereocenters. The molecule has 23 heavy (non-hydrogen) atoms. The lowest BCUT2D eigenvalue weighted by Gasteiger charge is -2.25. The van der Waals surface area contributed by atoms with E-state index in [-0.39, 0.29) is 0 Å². The van der Waals surface area contributed by atoms with Gasteiger partial charge in [-0.25, -0.2) is 9.67 Å². The Morgan fingerprint density at radius 1 is 1.57 bits per heavy atom. The van der Waals surface area contributed by atoms with Crippen molar-refractivity contribution < 1.29 is 0 Å². The molecular weight excluding hydrogens is 308 g/mol. The van der Waals surface area contributed by atoms with Crippen LogP contribution in [0.1, 0.15) is 35.8 Å². The number of aryl methyl sites for hydroxylation is 2. The van der Waals surface area contributed by atoms with Gasteiger partial charge in [-0.1, -0.05) is 13.0 Å². The molecule has 2 aromatic rings. The number of fused-ring (bicyclic) bond motifs is 1. The first-order valence-electron chi connectivity index (χ1n) is 8.06. The second-order valence-electron chi connectivity index (χ2n) is 6.01. The van der Waals surface area contributed by atoms with E-state index in [1.165, 1.54) is 4.88 Å². The number of thiophene rings is 1. The lowest BCUT2D eigenvalue weighted by molar-refractivity contribution is 0.392. The molecule has 3 heterocycles. The van der Waals surface area contributed by atoms with Crippen molar-refractivity contribution in [3.8, 4) is 0 Å². The average molecular weight is 332 g/mol. The van der Waals surface area contributed by atoms with Crippen LogP contribution >= 0.6 is 11.3 Å². The third-order valence-electron chi connectivity index (χ3n) is 4.13. The molecule has 6 nitrogen and oxygen atoms in total. The quantitative estimate of drug-likeness (QED) is 0.663. The minimum absolute atomic E-state index is 0.340. The second-order valence-corrected chi connectivity index (χ2v) is 6.99. The van der Waals surface area contributed by atoms with Crippen LogP contribution in [-0.4, -0.2) is 40.4 Å². The molecule has 0 radical (unpaired) electrons. The maximum atomic E-state index is 4.45. The number of nitrogens with zero attached hydrogens (tertiary/aromatic N) is 4. The van der Waals surface area contributed by atoms with E-state index < -0.39 is 0 Å². The minimum atomic E-state index is 0.340. The summed E-state index contributed by atoms with van der Waals surface area (Å²) in [6, 6.07) is 4.62. The van der Waals surface area contributed by atoms with Gasteiger partial charge in [0.2, 0.25) is 0 Å². The lowest BCUT2D eigenvalue weighted by Crippen LogP contribution is -2.47. The molecule has 0 saturated carbocycles. The van der Waals surface area contributed by atoms with E-state index in [1.807, 2.05) is 18.7 Å². The fourth-order valence-electron chi connectivity index (χ4n) is 2.86. The van der Waals surface area contributed by atoms with Crippen LogP contribution in [0.15, 0.2) is 22.5 Å². The monoisotopic (exact) mass is 332 g/mol. The van der Waals surface area contributed by atoms with E-state index >= 15 is 0 Å². The predicted molar refractivity (Wildman–Crippen MR) is 94.1 cm³/mol. The highest BCUT2D eigenvalue weighted by atomic mass is 32.1. The molecule has 0 aromatic carbocycles. The van der Waals surface area contributed by atoms with Crippen molar-refractivity contribution in [3.63, 3.8) is 0 Å². The molecule has 0 amide bonds. The summed E-state index contributed by atoms with van der Waals surface area (Å²) in [6.45, 7) is 5.90. The van der Waals surface area contributed by atoms with Gasteiger partial charge in [-0.05, 0) is 24.8 Å². The van der Waals surface area contributed by atoms with E-state index in [4.69, 9.17) is 0 Å². The molecule has 0 spiro atoms. The molecule has 0 saturated heterocycles. The zero-order valence-corrected chi connectivity index (χ0v) is 14.7. The number of aromatic nitrogens is 3. The zero-order valence-electron chi connectivity index (χ0n) is 13.9. The highest BCUT2D eigenvalue weighted by molar-refractivity contribution is 7.10. The summed E-state index contributed by atoms with van der Waals surface area (Å²) in [6.07, 6.45) is 2.01. The number of rotatable bonds is 4. The maximum Gasteiger partial charge on any atom is 0.191 e. The summed E-state index contributed by atoms with van der Waals surface area (Å²) in [4.78, 5) is 10.2. The highest BCUT2D eigenvalue weighted by Gasteiger charge is 2.21. The van der Waals surface area contributed by atoms with Crippen LogP contribution in [0.5, 0.6) is 0 Å². The second kappa shape index (κ2) is 7.12. The Labute approximate surface area is 141 Å². The van der Waals surface area contributed by atoms with Gasteiger partial charge in [-0.3, -0.25) is 4.99 Å². The molecule has 1 aliphatic rings. The van der Waals surface area contributed by atoms with Crippen LogP contribution < -0.4 is 10.6 Å². The van der Waals surface area contributed by atoms with Crippen molar-refractivity contribution in [1.82, 2.24) is 25.4 Å². The molecule has 0 aliphatic carbocycles. The first kappa shape index (κ1) is 16.0. The number of hydrogen-bond donors (Lipinski definition) is 2. The molecule has 7 heteroatoms. The fraction of sp³-hybridized carbons (Fsp3) is 0.562. The average Bonchev–Trinajstić information content (AvgIpc) is 3.19. The van der Waals surface area contributed by atoms with Crippen molar-refractivity contribution in [2.45, 2.75) is 45.2 Å². The largest absolute Gasteiger partial charge is 0.356 e. The third kappa shape index (κ3) is 3.90. The number of aliphatic imine (C=N–C) groups is 1. The Morgan fingerprint density at radius 2 is 2.43 bits per heavy atom. The SMILES string of the molecule is CN=C(NCC(C)c1cccs1)NC1CCc2nc(C)nn2C1. The van der Waals surface area contributed by atoms with Gasteiger partial charge < -0.3 is 10.6 Å². The van der Waals surface area contributed by atoms with Crippen LogP contribution in [0.3, 0.4) is 0 Å². The van der Waals surface area contributed by atoms with Gasteiger partial charge in [-0.2, -0.15) is 5.10 Å². The molecule has 1 aliphatic heterocycles. The maximum absolute atomic E-state index is 4.45. The number of nitrogens with one attached hydrogen (secondary N) is 2. The molecule has 124 valence electrons. The van der Waals surface area contributed by atoms with Crippen molar-refractivity contribution in [2.75, 3.05) is 13.6 Å². The molecule has 2 aromatic heterocycles. The molecule has 3 rings (SSSR count). The van der Waals surface area contributed by atoms with E-state index in [9.17, 15) is 0 Å². The Bertz CT molecular complexity index is 660. The minimum Gasteiger partial charge on any atom is -0.356 e. The van der Waals surface area contributed by atoms with Gasteiger partial charge in [0, 0.05) is 36.9 Å². The Balaban J connectivity index is 1.52. The molecule has 2 atom stereocenters. The van der Waals surface area contributed by atoms with E-state index in [0.29, 0.717) is 12.0 Å². The lowest BCUT2D eigenvalue weighted by atomic mass is 10.1. The molecular formula is C16H24N6S. The first-order chi connectivity index (χ1) is 11.2. The number of guanidine groups is 1. The van der Waals surface area contributed by atoms with Crippen LogP contribution in [0.4, 0.5) is 0 Å². The van der Waals surface area contributed by atoms with Crippen LogP contribution in [0.2, 0.25) is 0 Å². The van der Waals surface area contributed by atoms with Crippen molar-refractivity contribution >= 4 is 17.3 Å². The fourth-order valence-corrected chi connectivity index (χ4v) is 3.65. The summed E-state index contributed by atoms with van der Waals surface area (Å²) < 4.78 is 2.01. The summed E-state index contributed by atoms with van der Waals surface area (Å²) in [5, 5.41) is 13.5. The van der Waals surface area contributed by atoms with Gasteiger partial charge in [0.15, 0.2) is 5.96 Å². The van der Waals surface area contributed by atoms with Crippen molar-refractivity contribution in [3.05, 3.63) is 34.0 Å². The first-order valence-corrected chi connectivity index (χ1v) is 8.94. The smallest absolute Gasteiger partial charge is 0.191 e. The van der Waals surface area contributed by atoms with Gasteiger partial charge in [0.05, 0.1) is 6.54 Å². The van der Waals surface area contributed by atoms with Gasteiger partial charge in [0.1, 0.15) is 11.6 Å². The Morgan fingerprint density at radius 3 is 3.17 bits per heavy atom. The van der Waals surface area contributed by atoms with E-state index in [0.717, 1.165) is 43.5 Å². The Hall–Kier alpha value is -1.89. The summed E-state index contributed by atoms with van der Waals surface area (Å²) in [7, 11) is 1.82. The predicted octanol–water partition coefficient (Wildman–Crippen LogP) is 1.93. The molecule has 0 bridgehead atoms. The van der Waals surface area contributed by atoms with Crippen LogP contribution in [-0.2, 0) is 13.0 Å². The molecule has 2 N–H and O–H groups in total. The van der Waals surface area contributed by atoms with Gasteiger partial charge in [0.25, 0.3) is 0 Å². The molecule has 0 fully saturated rings. The summed E-state index contributed by atoms with van der Waals surface area (Å²) in [5.74, 6) is 3.28. The zero-order chi connectivity index (χ0) is 16.2. The normalized spacial score (nSPS) is 19.3. The highest BCUT2D eigenvalue weighted by Crippen LogP contribution is 2.19.